The molecule has 0 atom stereocenters. The van der Waals surface area contributed by atoms with Crippen LogP contribution in [0.1, 0.15) is 11.1 Å². The minimum absolute atomic E-state index is 0.387. The van der Waals surface area contributed by atoms with E-state index in [4.69, 9.17) is 5.41 Å². The van der Waals surface area contributed by atoms with E-state index in [-0.39, 0.29) is 0 Å². The van der Waals surface area contributed by atoms with Crippen molar-refractivity contribution in [2.45, 2.75) is 6.54 Å². The molecule has 0 amide bonds. The van der Waals surface area contributed by atoms with E-state index in [2.05, 4.69) is 48.0 Å². The van der Waals surface area contributed by atoms with Crippen molar-refractivity contribution < 1.29 is 0 Å². The molecule has 0 bridgehead atoms. The number of aromatic nitrogens is 3. The van der Waals surface area contributed by atoms with Gasteiger partial charge in [-0.05, 0) is 0 Å². The van der Waals surface area contributed by atoms with Gasteiger partial charge in [0.25, 0.3) is 0 Å². The summed E-state index contributed by atoms with van der Waals surface area (Å²) in [6.45, 7) is 0.713. The third-order valence-electron chi connectivity index (χ3n) is 3.33. The maximum atomic E-state index is 7.93. The van der Waals surface area contributed by atoms with Gasteiger partial charge in [-0.3, -0.25) is 0 Å². The summed E-state index contributed by atoms with van der Waals surface area (Å²) in [5, 5.41) is 11.9. The first-order valence-electron chi connectivity index (χ1n) is 6.52. The first kappa shape index (κ1) is 13.8. The Kier molecular flexibility index (Phi) is 3.73. The molecule has 0 saturated carbocycles. The van der Waals surface area contributed by atoms with E-state index in [9.17, 15) is 0 Å². The van der Waals surface area contributed by atoms with Crippen molar-refractivity contribution in [1.29, 1.82) is 5.41 Å². The van der Waals surface area contributed by atoms with Gasteiger partial charge in [0.15, 0.2) is 0 Å². The standard InChI is InChI=1S/C15H14N5Se/c1-17-14-12-11(13(16)21)8-20(15(12)19-9-18-14)7-10-5-3-2-4-6-10/h2-6,8-9,16H,7H2,1H3,(H,17,18,19). The monoisotopic (exact) mass is 344 g/mol. The predicted octanol–water partition coefficient (Wildman–Crippen LogP) is 2.02. The number of nitrogens with one attached hydrogen (secondary N) is 2. The average molecular weight is 343 g/mol. The Balaban J connectivity index is 2.18. The fraction of sp³-hybridized carbons (Fsp3) is 0.133. The van der Waals surface area contributed by atoms with Crippen molar-refractivity contribution in [3.8, 4) is 0 Å². The van der Waals surface area contributed by atoms with E-state index in [1.807, 2.05) is 31.4 Å². The molecule has 1 aromatic carbocycles. The van der Waals surface area contributed by atoms with Gasteiger partial charge >= 0.3 is 130 Å². The van der Waals surface area contributed by atoms with Gasteiger partial charge in [0.1, 0.15) is 0 Å². The first-order chi connectivity index (χ1) is 10.2. The molecule has 2 N–H and O–H groups in total. The minimum atomic E-state index is 0.387. The number of benzene rings is 1. The average Bonchev–Trinajstić information content (AvgIpc) is 2.87. The van der Waals surface area contributed by atoms with Gasteiger partial charge in [0.05, 0.1) is 0 Å². The van der Waals surface area contributed by atoms with Crippen LogP contribution in [0.15, 0.2) is 42.9 Å². The fourth-order valence-corrected chi connectivity index (χ4v) is 2.71. The van der Waals surface area contributed by atoms with Gasteiger partial charge in [-0.25, -0.2) is 0 Å². The Labute approximate surface area is 130 Å². The SMILES string of the molecule is CNc1ncnc2c1c(C(=N)[Se])cn2Cc1ccccc1. The maximum absolute atomic E-state index is 7.93. The van der Waals surface area contributed by atoms with Gasteiger partial charge in [0, 0.05) is 0 Å². The Bertz CT molecular complexity index is 794. The molecule has 0 unspecified atom stereocenters. The molecule has 0 aliphatic heterocycles. The van der Waals surface area contributed by atoms with Gasteiger partial charge in [0.2, 0.25) is 0 Å². The zero-order valence-electron chi connectivity index (χ0n) is 11.5. The Morgan fingerprint density at radius 2 is 2.05 bits per heavy atom. The molecule has 1 radical (unpaired) electrons. The van der Waals surface area contributed by atoms with Gasteiger partial charge < -0.3 is 0 Å². The van der Waals surface area contributed by atoms with E-state index < -0.39 is 0 Å². The molecule has 21 heavy (non-hydrogen) atoms. The van der Waals surface area contributed by atoms with Crippen molar-refractivity contribution >= 4 is 37.5 Å². The zero-order valence-corrected chi connectivity index (χ0v) is 13.2. The Morgan fingerprint density at radius 1 is 1.29 bits per heavy atom. The first-order valence-corrected chi connectivity index (χ1v) is 7.38. The molecule has 2 aromatic heterocycles. The van der Waals surface area contributed by atoms with Crippen molar-refractivity contribution in [2.75, 3.05) is 12.4 Å². The van der Waals surface area contributed by atoms with Crippen LogP contribution in [0.5, 0.6) is 0 Å². The Hall–Kier alpha value is -2.17. The third kappa shape index (κ3) is 2.55. The van der Waals surface area contributed by atoms with Crippen molar-refractivity contribution in [1.82, 2.24) is 14.5 Å². The summed E-state index contributed by atoms with van der Waals surface area (Å²) < 4.78 is 2.44. The molecule has 2 heterocycles. The molecular formula is C15H14N5Se. The number of anilines is 1. The second-order valence-electron chi connectivity index (χ2n) is 4.66. The molecular weight excluding hydrogens is 329 g/mol. The van der Waals surface area contributed by atoms with Crippen molar-refractivity contribution in [3.05, 3.63) is 54.0 Å². The number of hydrogen-bond donors (Lipinski definition) is 2. The molecule has 0 fully saturated rings. The van der Waals surface area contributed by atoms with Crippen LogP contribution in [0.25, 0.3) is 11.0 Å². The zero-order chi connectivity index (χ0) is 14.8. The van der Waals surface area contributed by atoms with E-state index in [1.165, 1.54) is 5.56 Å². The second kappa shape index (κ2) is 5.68. The molecule has 3 rings (SSSR count). The normalized spacial score (nSPS) is 10.7. The topological polar surface area (TPSA) is 66.6 Å². The number of nitrogens with zero attached hydrogens (tertiary/aromatic N) is 3. The van der Waals surface area contributed by atoms with E-state index in [0.29, 0.717) is 11.2 Å². The summed E-state index contributed by atoms with van der Waals surface area (Å²) in [5.74, 6) is 0.738. The quantitative estimate of drug-likeness (QED) is 0.563. The summed E-state index contributed by atoms with van der Waals surface area (Å²) in [6.07, 6.45) is 3.49. The fourth-order valence-electron chi connectivity index (χ4n) is 2.39. The van der Waals surface area contributed by atoms with E-state index in [0.717, 1.165) is 22.4 Å². The molecule has 3 aromatic rings. The molecule has 105 valence electrons. The molecule has 6 heteroatoms. The van der Waals surface area contributed by atoms with Crippen LogP contribution in [0, 0.1) is 5.41 Å². The van der Waals surface area contributed by atoms with Gasteiger partial charge in [-0.1, -0.05) is 0 Å². The molecule has 0 spiro atoms. The van der Waals surface area contributed by atoms with Crippen molar-refractivity contribution in [3.63, 3.8) is 0 Å². The van der Waals surface area contributed by atoms with Crippen LogP contribution in [-0.4, -0.2) is 42.2 Å². The molecule has 5 nitrogen and oxygen atoms in total. The summed E-state index contributed by atoms with van der Waals surface area (Å²) in [7, 11) is 1.82. The van der Waals surface area contributed by atoms with Crippen LogP contribution < -0.4 is 5.32 Å². The summed E-state index contributed by atoms with van der Waals surface area (Å²) in [6, 6.07) is 10.2. The Morgan fingerprint density at radius 3 is 2.71 bits per heavy atom. The molecule has 0 aliphatic carbocycles. The number of fused-ring (bicyclic) bond motifs is 1. The number of rotatable bonds is 4. The summed E-state index contributed by atoms with van der Waals surface area (Å²) in [5.41, 5.74) is 2.83. The van der Waals surface area contributed by atoms with Crippen LogP contribution in [0.3, 0.4) is 0 Å². The van der Waals surface area contributed by atoms with E-state index >= 15 is 0 Å². The van der Waals surface area contributed by atoms with Crippen LogP contribution in [0.2, 0.25) is 0 Å². The van der Waals surface area contributed by atoms with Gasteiger partial charge in [-0.15, -0.1) is 0 Å². The molecule has 0 saturated heterocycles. The predicted molar refractivity (Wildman–Crippen MR) is 85.2 cm³/mol. The van der Waals surface area contributed by atoms with Gasteiger partial charge in [-0.2, -0.15) is 0 Å². The second-order valence-corrected chi connectivity index (χ2v) is 5.51. The van der Waals surface area contributed by atoms with Crippen molar-refractivity contribution in [2.24, 2.45) is 0 Å². The summed E-state index contributed by atoms with van der Waals surface area (Å²) in [4.78, 5) is 8.63. The van der Waals surface area contributed by atoms with E-state index in [1.54, 1.807) is 6.33 Å². The van der Waals surface area contributed by atoms with Crippen LogP contribution >= 0.6 is 0 Å². The number of hydrogen-bond acceptors (Lipinski definition) is 4. The summed E-state index contributed by atoms with van der Waals surface area (Å²) >= 11 is 2.76. The van der Waals surface area contributed by atoms with Crippen LogP contribution in [-0.2, 0) is 6.54 Å². The van der Waals surface area contributed by atoms with Crippen LogP contribution in [0.4, 0.5) is 5.82 Å². The third-order valence-corrected chi connectivity index (χ3v) is 3.79. The molecule has 0 aliphatic rings.